The van der Waals surface area contributed by atoms with E-state index in [0.717, 1.165) is 4.90 Å². The quantitative estimate of drug-likeness (QED) is 0.615. The monoisotopic (exact) mass is 289 g/mol. The van der Waals surface area contributed by atoms with Crippen LogP contribution < -0.4 is 0 Å². The molecule has 2 amide bonds. The molecule has 2 aliphatic heterocycles. The molecule has 2 aliphatic rings. The third-order valence-electron chi connectivity index (χ3n) is 3.78. The van der Waals surface area contributed by atoms with E-state index in [9.17, 15) is 14.4 Å². The van der Waals surface area contributed by atoms with E-state index in [0.29, 0.717) is 18.8 Å². The highest BCUT2D eigenvalue weighted by Crippen LogP contribution is 2.27. The maximum Gasteiger partial charge on any atom is 0.338 e. The van der Waals surface area contributed by atoms with E-state index in [4.69, 9.17) is 9.47 Å². The number of carbonyl (C=O) groups is 3. The summed E-state index contributed by atoms with van der Waals surface area (Å²) in [5, 5.41) is 0. The number of hydrogen-bond acceptors (Lipinski definition) is 5. The van der Waals surface area contributed by atoms with Gasteiger partial charge < -0.3 is 9.47 Å². The van der Waals surface area contributed by atoms with Crippen molar-refractivity contribution in [2.45, 2.75) is 6.92 Å². The van der Waals surface area contributed by atoms with Crippen molar-refractivity contribution in [3.63, 3.8) is 0 Å². The number of rotatable bonds is 3. The normalized spacial score (nSPS) is 19.2. The summed E-state index contributed by atoms with van der Waals surface area (Å²) in [5.41, 5.74) is 0.709. The molecule has 0 unspecified atom stereocenters. The van der Waals surface area contributed by atoms with E-state index in [-0.39, 0.29) is 29.1 Å². The van der Waals surface area contributed by atoms with Gasteiger partial charge in [0.05, 0.1) is 29.9 Å². The third kappa shape index (κ3) is 2.21. The molecule has 1 aromatic rings. The van der Waals surface area contributed by atoms with Crippen molar-refractivity contribution in [2.75, 3.05) is 26.9 Å². The van der Waals surface area contributed by atoms with Crippen LogP contribution in [-0.4, -0.2) is 49.6 Å². The van der Waals surface area contributed by atoms with Gasteiger partial charge in [-0.05, 0) is 18.2 Å². The Morgan fingerprint density at radius 2 is 1.95 bits per heavy atom. The van der Waals surface area contributed by atoms with Crippen molar-refractivity contribution in [1.29, 1.82) is 0 Å². The molecular formula is C15H15NO5. The second-order valence-electron chi connectivity index (χ2n) is 5.81. The largest absolute Gasteiger partial charge is 0.461 e. The zero-order valence-electron chi connectivity index (χ0n) is 11.8. The molecule has 6 heteroatoms. The summed E-state index contributed by atoms with van der Waals surface area (Å²) in [6.07, 6.45) is 0. The molecule has 21 heavy (non-hydrogen) atoms. The molecule has 1 fully saturated rings. The Labute approximate surface area is 121 Å². The highest BCUT2D eigenvalue weighted by atomic mass is 16.5. The number of fused-ring (bicyclic) bond motifs is 1. The van der Waals surface area contributed by atoms with Gasteiger partial charge in [-0.25, -0.2) is 4.79 Å². The molecule has 1 aromatic carbocycles. The molecule has 0 atom stereocenters. The number of ether oxygens (including phenoxy) is 2. The Morgan fingerprint density at radius 3 is 2.57 bits per heavy atom. The zero-order valence-corrected chi connectivity index (χ0v) is 11.8. The van der Waals surface area contributed by atoms with Crippen molar-refractivity contribution in [2.24, 2.45) is 5.41 Å². The predicted octanol–water partition coefficient (Wildman–Crippen LogP) is 1.11. The summed E-state index contributed by atoms with van der Waals surface area (Å²) in [7, 11) is 1.42. The number of carbonyl (C=O) groups excluding carboxylic acids is 3. The lowest BCUT2D eigenvalue weighted by molar-refractivity contribution is -0.127. The maximum absolute atomic E-state index is 12.0. The number of nitrogens with zero attached hydrogens (tertiary/aromatic N) is 1. The van der Waals surface area contributed by atoms with Gasteiger partial charge in [0.25, 0.3) is 11.8 Å². The number of hydrogen-bond donors (Lipinski definition) is 0. The van der Waals surface area contributed by atoms with Crippen LogP contribution in [0.25, 0.3) is 0 Å². The minimum absolute atomic E-state index is 0.127. The smallest absolute Gasteiger partial charge is 0.338 e. The lowest BCUT2D eigenvalue weighted by Crippen LogP contribution is -2.44. The Bertz CT molecular complexity index is 647. The summed E-state index contributed by atoms with van der Waals surface area (Å²) in [5.74, 6) is -1.25. The van der Waals surface area contributed by atoms with Crippen molar-refractivity contribution >= 4 is 17.8 Å². The minimum Gasteiger partial charge on any atom is -0.461 e. The van der Waals surface area contributed by atoms with E-state index < -0.39 is 11.9 Å². The van der Waals surface area contributed by atoms with Gasteiger partial charge in [0.2, 0.25) is 0 Å². The van der Waals surface area contributed by atoms with E-state index in [1.807, 2.05) is 6.92 Å². The number of amides is 2. The van der Waals surface area contributed by atoms with Gasteiger partial charge in [-0.2, -0.15) is 0 Å². The lowest BCUT2D eigenvalue weighted by Gasteiger charge is -2.37. The van der Waals surface area contributed by atoms with E-state index in [1.54, 1.807) is 0 Å². The van der Waals surface area contributed by atoms with Crippen LogP contribution in [0.2, 0.25) is 0 Å². The fraction of sp³-hybridized carbons (Fsp3) is 0.400. The molecule has 0 radical (unpaired) electrons. The fourth-order valence-corrected chi connectivity index (χ4v) is 2.35. The molecular weight excluding hydrogens is 274 g/mol. The van der Waals surface area contributed by atoms with Crippen LogP contribution in [-0.2, 0) is 9.47 Å². The zero-order chi connectivity index (χ0) is 15.2. The predicted molar refractivity (Wildman–Crippen MR) is 72.1 cm³/mol. The molecule has 0 aliphatic carbocycles. The van der Waals surface area contributed by atoms with Crippen molar-refractivity contribution < 1.29 is 23.9 Å². The molecule has 6 nitrogen and oxygen atoms in total. The molecule has 0 spiro atoms. The first-order valence-corrected chi connectivity index (χ1v) is 6.63. The fourth-order valence-electron chi connectivity index (χ4n) is 2.35. The molecule has 0 saturated carbocycles. The van der Waals surface area contributed by atoms with Gasteiger partial charge in [-0.1, -0.05) is 6.92 Å². The standard InChI is InChI=1S/C15H15NO5/c1-15(6-20-7-15)8-21-14(19)9-3-4-10-11(5-9)13(18)16(2)12(10)17/h3-5H,6-8H2,1-2H3. The number of imide groups is 1. The molecule has 0 N–H and O–H groups in total. The van der Waals surface area contributed by atoms with Crippen LogP contribution in [0.15, 0.2) is 18.2 Å². The molecule has 2 heterocycles. The van der Waals surface area contributed by atoms with Crippen molar-refractivity contribution in [1.82, 2.24) is 4.90 Å². The lowest BCUT2D eigenvalue weighted by atomic mass is 9.90. The molecule has 1 saturated heterocycles. The Hall–Kier alpha value is -2.21. The first kappa shape index (κ1) is 13.8. The van der Waals surface area contributed by atoms with Gasteiger partial charge in [0, 0.05) is 12.5 Å². The second-order valence-corrected chi connectivity index (χ2v) is 5.81. The Kier molecular flexibility index (Phi) is 3.06. The maximum atomic E-state index is 12.0. The highest BCUT2D eigenvalue weighted by molar-refractivity contribution is 6.21. The van der Waals surface area contributed by atoms with Crippen molar-refractivity contribution in [3.05, 3.63) is 34.9 Å². The van der Waals surface area contributed by atoms with Crippen LogP contribution in [0.5, 0.6) is 0 Å². The highest BCUT2D eigenvalue weighted by Gasteiger charge is 2.36. The minimum atomic E-state index is -0.499. The van der Waals surface area contributed by atoms with E-state index in [1.165, 1.54) is 25.2 Å². The molecule has 0 bridgehead atoms. The third-order valence-corrected chi connectivity index (χ3v) is 3.78. The number of benzene rings is 1. The average Bonchev–Trinajstić information content (AvgIpc) is 2.67. The second kappa shape index (κ2) is 4.66. The summed E-state index contributed by atoms with van der Waals surface area (Å²) < 4.78 is 10.4. The van der Waals surface area contributed by atoms with Gasteiger partial charge >= 0.3 is 5.97 Å². The van der Waals surface area contributed by atoms with Crippen LogP contribution in [0.1, 0.15) is 38.0 Å². The SMILES string of the molecule is CN1C(=O)c2ccc(C(=O)OCC3(C)COC3)cc2C1=O. The summed E-state index contributed by atoms with van der Waals surface area (Å²) in [6.45, 7) is 3.39. The Morgan fingerprint density at radius 1 is 1.29 bits per heavy atom. The van der Waals surface area contributed by atoms with Gasteiger partial charge in [0.15, 0.2) is 0 Å². The van der Waals surface area contributed by atoms with Crippen LogP contribution >= 0.6 is 0 Å². The van der Waals surface area contributed by atoms with Crippen molar-refractivity contribution in [3.8, 4) is 0 Å². The van der Waals surface area contributed by atoms with E-state index >= 15 is 0 Å². The summed E-state index contributed by atoms with van der Waals surface area (Å²) >= 11 is 0. The molecule has 3 rings (SSSR count). The Balaban J connectivity index is 1.77. The first-order valence-electron chi connectivity index (χ1n) is 6.63. The van der Waals surface area contributed by atoms with Crippen LogP contribution in [0.3, 0.4) is 0 Å². The first-order chi connectivity index (χ1) is 9.91. The van der Waals surface area contributed by atoms with Crippen LogP contribution in [0, 0.1) is 5.41 Å². The summed E-state index contributed by atoms with van der Waals surface area (Å²) in [6, 6.07) is 4.41. The average molecular weight is 289 g/mol. The summed E-state index contributed by atoms with van der Waals surface area (Å²) in [4.78, 5) is 36.7. The van der Waals surface area contributed by atoms with Gasteiger partial charge in [-0.15, -0.1) is 0 Å². The number of esters is 1. The van der Waals surface area contributed by atoms with Crippen LogP contribution in [0.4, 0.5) is 0 Å². The molecule has 0 aromatic heterocycles. The topological polar surface area (TPSA) is 72.9 Å². The van der Waals surface area contributed by atoms with Gasteiger partial charge in [-0.3, -0.25) is 14.5 Å². The van der Waals surface area contributed by atoms with E-state index in [2.05, 4.69) is 0 Å². The van der Waals surface area contributed by atoms with Gasteiger partial charge in [0.1, 0.15) is 6.61 Å². The molecule has 110 valence electrons.